The minimum Gasteiger partial charge on any atom is -0.310 e. The average Bonchev–Trinajstić information content (AvgIpc) is 3.01. The highest BCUT2D eigenvalue weighted by molar-refractivity contribution is 6.14. The minimum atomic E-state index is -0.350. The van der Waals surface area contributed by atoms with Crippen LogP contribution in [0.2, 0.25) is 0 Å². The van der Waals surface area contributed by atoms with Crippen molar-refractivity contribution in [2.75, 3.05) is 4.90 Å². The molecule has 0 unspecified atom stereocenters. The molecule has 0 saturated heterocycles. The lowest BCUT2D eigenvalue weighted by atomic mass is 10.0. The van der Waals surface area contributed by atoms with Crippen LogP contribution in [0.25, 0.3) is 0 Å². The van der Waals surface area contributed by atoms with E-state index in [1.54, 1.807) is 6.07 Å². The van der Waals surface area contributed by atoms with E-state index in [4.69, 9.17) is 0 Å². The molecule has 2 aromatic rings. The normalized spacial score (nSPS) is 13.5. The van der Waals surface area contributed by atoms with Gasteiger partial charge in [0, 0.05) is 28.9 Å². The summed E-state index contributed by atoms with van der Waals surface area (Å²) in [6.07, 6.45) is 1.35. The summed E-state index contributed by atoms with van der Waals surface area (Å²) in [5.74, 6) is -0.350. The van der Waals surface area contributed by atoms with Gasteiger partial charge in [-0.2, -0.15) is 10.2 Å². The van der Waals surface area contributed by atoms with E-state index in [1.165, 1.54) is 11.0 Å². The van der Waals surface area contributed by atoms with Crippen molar-refractivity contribution in [2.24, 2.45) is 10.2 Å². The topological polar surface area (TPSA) is 45.0 Å². The van der Waals surface area contributed by atoms with Gasteiger partial charge in [0.1, 0.15) is 5.82 Å². The van der Waals surface area contributed by atoms with Crippen LogP contribution in [0.15, 0.2) is 58.7 Å². The van der Waals surface area contributed by atoms with Gasteiger partial charge in [-0.1, -0.05) is 30.3 Å². The van der Waals surface area contributed by atoms with Gasteiger partial charge in [0.2, 0.25) is 6.41 Å². The average molecular weight is 309 g/mol. The van der Waals surface area contributed by atoms with Gasteiger partial charge in [-0.05, 0) is 25.1 Å². The first-order chi connectivity index (χ1) is 11.2. The lowest BCUT2D eigenvalue weighted by molar-refractivity contribution is -0.107. The molecular weight excluding hydrogens is 293 g/mol. The fourth-order valence-corrected chi connectivity index (χ4v) is 2.47. The summed E-state index contributed by atoms with van der Waals surface area (Å²) < 4.78 is 14.4. The number of hydrogen-bond donors (Lipinski definition) is 0. The number of anilines is 1. The van der Waals surface area contributed by atoms with Crippen molar-refractivity contribution in [2.45, 2.75) is 19.9 Å². The summed E-state index contributed by atoms with van der Waals surface area (Å²) in [5, 5.41) is 8.03. The number of carbonyl (C=O) groups excluding carboxylic acids is 1. The number of para-hydroxylation sites is 1. The summed E-state index contributed by atoms with van der Waals surface area (Å²) in [6, 6.07) is 14.1. The lowest BCUT2D eigenvalue weighted by Gasteiger charge is -2.18. The Hall–Kier alpha value is -2.82. The van der Waals surface area contributed by atoms with Crippen molar-refractivity contribution in [3.63, 3.8) is 0 Å². The van der Waals surface area contributed by atoms with Crippen molar-refractivity contribution in [1.82, 2.24) is 0 Å². The number of hydrogen-bond acceptors (Lipinski definition) is 3. The highest BCUT2D eigenvalue weighted by atomic mass is 19.1. The van der Waals surface area contributed by atoms with Crippen LogP contribution in [-0.4, -0.2) is 17.8 Å². The summed E-state index contributed by atoms with van der Waals surface area (Å²) >= 11 is 0. The fraction of sp³-hybridized carbons (Fsp3) is 0.167. The zero-order valence-corrected chi connectivity index (χ0v) is 12.7. The Morgan fingerprint density at radius 3 is 2.57 bits per heavy atom. The zero-order valence-electron chi connectivity index (χ0n) is 12.7. The van der Waals surface area contributed by atoms with Gasteiger partial charge in [0.15, 0.2) is 0 Å². The van der Waals surface area contributed by atoms with Crippen LogP contribution in [0.3, 0.4) is 0 Å². The van der Waals surface area contributed by atoms with Crippen LogP contribution >= 0.6 is 0 Å². The van der Waals surface area contributed by atoms with Gasteiger partial charge in [0.05, 0.1) is 12.3 Å². The molecule has 0 atom stereocenters. The van der Waals surface area contributed by atoms with E-state index in [9.17, 15) is 9.18 Å². The van der Waals surface area contributed by atoms with Crippen molar-refractivity contribution in [1.29, 1.82) is 0 Å². The SMILES string of the molecule is CC1=NN=C(c2ccc(CN(C=O)c3ccccc3)c(F)c2)C1. The van der Waals surface area contributed by atoms with Gasteiger partial charge in [0.25, 0.3) is 0 Å². The second-order valence-electron chi connectivity index (χ2n) is 5.43. The Kier molecular flexibility index (Phi) is 4.28. The number of carbonyl (C=O) groups is 1. The predicted molar refractivity (Wildman–Crippen MR) is 89.4 cm³/mol. The molecule has 0 bridgehead atoms. The van der Waals surface area contributed by atoms with Gasteiger partial charge < -0.3 is 4.90 Å². The summed E-state index contributed by atoms with van der Waals surface area (Å²) in [5.41, 5.74) is 3.60. The molecule has 4 nitrogen and oxygen atoms in total. The first kappa shape index (κ1) is 15.1. The molecule has 0 radical (unpaired) electrons. The molecular formula is C18H16FN3O. The molecule has 116 valence electrons. The molecule has 0 fully saturated rings. The first-order valence-corrected chi connectivity index (χ1v) is 7.33. The van der Waals surface area contributed by atoms with Crippen molar-refractivity contribution >= 4 is 23.5 Å². The van der Waals surface area contributed by atoms with Crippen molar-refractivity contribution in [3.8, 4) is 0 Å². The Bertz CT molecular complexity index is 784. The van der Waals surface area contributed by atoms with E-state index < -0.39 is 0 Å². The zero-order chi connectivity index (χ0) is 16.2. The largest absolute Gasteiger partial charge is 0.310 e. The third-order valence-corrected chi connectivity index (χ3v) is 3.71. The predicted octanol–water partition coefficient (Wildman–Crippen LogP) is 3.56. The van der Waals surface area contributed by atoms with Gasteiger partial charge >= 0.3 is 0 Å². The molecule has 23 heavy (non-hydrogen) atoms. The number of rotatable bonds is 5. The fourth-order valence-electron chi connectivity index (χ4n) is 2.47. The van der Waals surface area contributed by atoms with Crippen molar-refractivity contribution in [3.05, 3.63) is 65.5 Å². The summed E-state index contributed by atoms with van der Waals surface area (Å²) in [6.45, 7) is 2.07. The molecule has 0 aromatic heterocycles. The quantitative estimate of drug-likeness (QED) is 0.779. The molecule has 0 aliphatic carbocycles. The second-order valence-corrected chi connectivity index (χ2v) is 5.43. The van der Waals surface area contributed by atoms with Crippen LogP contribution in [0.1, 0.15) is 24.5 Å². The van der Waals surface area contributed by atoms with Gasteiger partial charge in [-0.3, -0.25) is 4.79 Å². The van der Waals surface area contributed by atoms with Crippen LogP contribution in [0, 0.1) is 5.82 Å². The third-order valence-electron chi connectivity index (χ3n) is 3.71. The Morgan fingerprint density at radius 1 is 1.17 bits per heavy atom. The lowest BCUT2D eigenvalue weighted by Crippen LogP contribution is -2.21. The molecule has 1 aliphatic heterocycles. The Labute approximate surface area is 134 Å². The molecule has 3 rings (SSSR count). The van der Waals surface area contributed by atoms with Crippen LogP contribution in [-0.2, 0) is 11.3 Å². The van der Waals surface area contributed by atoms with Crippen LogP contribution in [0.4, 0.5) is 10.1 Å². The molecule has 1 amide bonds. The number of halogens is 1. The van der Waals surface area contributed by atoms with E-state index in [0.29, 0.717) is 18.4 Å². The third kappa shape index (κ3) is 3.34. The molecule has 5 heteroatoms. The number of amides is 1. The van der Waals surface area contributed by atoms with E-state index in [2.05, 4.69) is 10.2 Å². The van der Waals surface area contributed by atoms with Crippen LogP contribution < -0.4 is 4.90 Å². The van der Waals surface area contributed by atoms with Crippen LogP contribution in [0.5, 0.6) is 0 Å². The number of benzene rings is 2. The molecule has 0 saturated carbocycles. The summed E-state index contributed by atoms with van der Waals surface area (Å²) in [7, 11) is 0. The van der Waals surface area contributed by atoms with E-state index in [1.807, 2.05) is 43.3 Å². The molecule has 0 spiro atoms. The van der Waals surface area contributed by atoms with E-state index in [0.717, 1.165) is 22.7 Å². The maximum absolute atomic E-state index is 14.4. The molecule has 1 aliphatic rings. The van der Waals surface area contributed by atoms with E-state index >= 15 is 0 Å². The second kappa shape index (κ2) is 6.52. The maximum Gasteiger partial charge on any atom is 0.214 e. The highest BCUT2D eigenvalue weighted by Gasteiger charge is 2.15. The van der Waals surface area contributed by atoms with Crippen molar-refractivity contribution < 1.29 is 9.18 Å². The minimum absolute atomic E-state index is 0.182. The van der Waals surface area contributed by atoms with Gasteiger partial charge in [-0.15, -0.1) is 0 Å². The molecule has 0 N–H and O–H groups in total. The molecule has 2 aromatic carbocycles. The first-order valence-electron chi connectivity index (χ1n) is 7.33. The monoisotopic (exact) mass is 309 g/mol. The standard InChI is InChI=1S/C18H16FN3O/c1-13-9-18(21-20-13)14-7-8-15(17(19)10-14)11-22(12-23)16-5-3-2-4-6-16/h2-8,10,12H,9,11H2,1H3. The summed E-state index contributed by atoms with van der Waals surface area (Å²) in [4.78, 5) is 12.8. The maximum atomic E-state index is 14.4. The van der Waals surface area contributed by atoms with E-state index in [-0.39, 0.29) is 12.4 Å². The Balaban J connectivity index is 1.80. The highest BCUT2D eigenvalue weighted by Crippen LogP contribution is 2.20. The Morgan fingerprint density at radius 2 is 1.96 bits per heavy atom. The van der Waals surface area contributed by atoms with Gasteiger partial charge in [-0.25, -0.2) is 4.39 Å². The smallest absolute Gasteiger partial charge is 0.214 e. The number of nitrogens with zero attached hydrogens (tertiary/aromatic N) is 3. The molecule has 1 heterocycles.